The summed E-state index contributed by atoms with van der Waals surface area (Å²) >= 11 is 0. The summed E-state index contributed by atoms with van der Waals surface area (Å²) < 4.78 is 28.4. The number of methoxy groups -OCH3 is 1. The summed E-state index contributed by atoms with van der Waals surface area (Å²) in [5, 5.41) is -0.481. The zero-order valence-corrected chi connectivity index (χ0v) is 12.0. The van der Waals surface area contributed by atoms with Gasteiger partial charge in [0.15, 0.2) is 9.84 Å². The number of hydrogen-bond acceptors (Lipinski definition) is 4. The van der Waals surface area contributed by atoms with Crippen molar-refractivity contribution in [2.45, 2.75) is 30.4 Å². The third-order valence-corrected chi connectivity index (χ3v) is 4.63. The molecule has 0 aliphatic carbocycles. The van der Waals surface area contributed by atoms with E-state index < -0.39 is 21.1 Å². The third kappa shape index (κ3) is 4.11. The quantitative estimate of drug-likeness (QED) is 0.625. The van der Waals surface area contributed by atoms with Crippen LogP contribution in [0.15, 0.2) is 29.2 Å². The molecule has 1 aromatic carbocycles. The maximum absolute atomic E-state index is 12.0. The van der Waals surface area contributed by atoms with Gasteiger partial charge in [0.1, 0.15) is 6.42 Å². The second-order valence-corrected chi connectivity index (χ2v) is 6.68. The van der Waals surface area contributed by atoms with Crippen LogP contribution in [0, 0.1) is 11.8 Å². The summed E-state index contributed by atoms with van der Waals surface area (Å²) in [7, 11) is -2.01. The van der Waals surface area contributed by atoms with Gasteiger partial charge in [-0.1, -0.05) is 17.9 Å². The van der Waals surface area contributed by atoms with E-state index in [0.717, 1.165) is 0 Å². The minimum atomic E-state index is -3.30. The Bertz CT molecular complexity index is 618. The molecular formula is C14H16O4S. The zero-order valence-electron chi connectivity index (χ0n) is 11.1. The van der Waals surface area contributed by atoms with Crippen LogP contribution in [-0.4, -0.2) is 26.7 Å². The van der Waals surface area contributed by atoms with Gasteiger partial charge in [-0.05, 0) is 32.0 Å². The maximum atomic E-state index is 12.0. The number of hydrogen-bond donors (Lipinski definition) is 0. The smallest absolute Gasteiger partial charge is 0.317 e. The highest BCUT2D eigenvalue weighted by atomic mass is 32.2. The van der Waals surface area contributed by atoms with Crippen molar-refractivity contribution in [2.75, 3.05) is 7.11 Å². The maximum Gasteiger partial charge on any atom is 0.317 e. The zero-order chi connectivity index (χ0) is 14.5. The molecule has 1 rings (SSSR count). The van der Waals surface area contributed by atoms with Crippen LogP contribution in [0.3, 0.4) is 0 Å². The molecule has 0 N–H and O–H groups in total. The van der Waals surface area contributed by atoms with Gasteiger partial charge in [-0.3, -0.25) is 4.79 Å². The summed E-state index contributed by atoms with van der Waals surface area (Å²) in [6, 6.07) is 6.39. The van der Waals surface area contributed by atoms with E-state index >= 15 is 0 Å². The molecule has 0 atom stereocenters. The molecule has 0 aliphatic heterocycles. The van der Waals surface area contributed by atoms with Crippen LogP contribution in [0.2, 0.25) is 0 Å². The largest absolute Gasteiger partial charge is 0.468 e. The molecular weight excluding hydrogens is 264 g/mol. The average Bonchev–Trinajstić information content (AvgIpc) is 2.38. The van der Waals surface area contributed by atoms with Gasteiger partial charge in [0.2, 0.25) is 0 Å². The molecule has 0 saturated heterocycles. The average molecular weight is 280 g/mol. The van der Waals surface area contributed by atoms with E-state index in [1.807, 2.05) is 0 Å². The normalized spacial score (nSPS) is 10.7. The molecule has 0 bridgehead atoms. The van der Waals surface area contributed by atoms with Gasteiger partial charge in [-0.25, -0.2) is 8.42 Å². The van der Waals surface area contributed by atoms with Crippen molar-refractivity contribution in [1.82, 2.24) is 0 Å². The lowest BCUT2D eigenvalue weighted by Crippen LogP contribution is -2.13. The first kappa shape index (κ1) is 15.3. The van der Waals surface area contributed by atoms with E-state index in [0.29, 0.717) is 5.56 Å². The SMILES string of the molecule is COC(=O)CC#Cc1cccc(S(=O)(=O)C(C)C)c1. The van der Waals surface area contributed by atoms with Crippen molar-refractivity contribution in [3.05, 3.63) is 29.8 Å². The molecule has 0 aromatic heterocycles. The fourth-order valence-corrected chi connectivity index (χ4v) is 2.42. The third-order valence-electron chi connectivity index (χ3n) is 2.48. The van der Waals surface area contributed by atoms with Gasteiger partial charge in [0.25, 0.3) is 0 Å². The van der Waals surface area contributed by atoms with Gasteiger partial charge in [0.05, 0.1) is 17.3 Å². The van der Waals surface area contributed by atoms with Gasteiger partial charge >= 0.3 is 5.97 Å². The van der Waals surface area contributed by atoms with Crippen molar-refractivity contribution < 1.29 is 17.9 Å². The highest BCUT2D eigenvalue weighted by Gasteiger charge is 2.18. The molecule has 0 unspecified atom stereocenters. The molecule has 0 saturated carbocycles. The topological polar surface area (TPSA) is 60.4 Å². The Kier molecular flexibility index (Phi) is 5.13. The molecule has 1 aromatic rings. The first-order chi connectivity index (χ1) is 8.87. The number of benzene rings is 1. The molecule has 5 heteroatoms. The Balaban J connectivity index is 2.99. The van der Waals surface area contributed by atoms with Crippen LogP contribution >= 0.6 is 0 Å². The standard InChI is InChI=1S/C14H16O4S/c1-11(2)19(16,17)13-8-4-6-12(10-13)7-5-9-14(15)18-3/h4,6,8,10-11H,9H2,1-3H3. The summed E-state index contributed by atoms with van der Waals surface area (Å²) in [4.78, 5) is 11.1. The second kappa shape index (κ2) is 6.39. The lowest BCUT2D eigenvalue weighted by Gasteiger charge is -2.07. The predicted octanol–water partition coefficient (Wildman–Crippen LogP) is 1.78. The fraction of sp³-hybridized carbons (Fsp3) is 0.357. The number of ether oxygens (including phenoxy) is 1. The lowest BCUT2D eigenvalue weighted by molar-refractivity contribution is -0.139. The summed E-state index contributed by atoms with van der Waals surface area (Å²) in [6.45, 7) is 3.26. The molecule has 0 fully saturated rings. The Morgan fingerprint density at radius 3 is 2.63 bits per heavy atom. The van der Waals surface area contributed by atoms with Crippen LogP contribution < -0.4 is 0 Å². The predicted molar refractivity (Wildman–Crippen MR) is 72.3 cm³/mol. The number of sulfone groups is 1. The number of rotatable bonds is 3. The van der Waals surface area contributed by atoms with Crippen LogP contribution in [0.25, 0.3) is 0 Å². The molecule has 19 heavy (non-hydrogen) atoms. The monoisotopic (exact) mass is 280 g/mol. The number of esters is 1. The minimum absolute atomic E-state index is 0.0162. The molecule has 0 heterocycles. The highest BCUT2D eigenvalue weighted by molar-refractivity contribution is 7.92. The summed E-state index contributed by atoms with van der Waals surface area (Å²) in [5.41, 5.74) is 0.561. The van der Waals surface area contributed by atoms with Crippen LogP contribution in [0.1, 0.15) is 25.8 Å². The highest BCUT2D eigenvalue weighted by Crippen LogP contribution is 2.16. The van der Waals surface area contributed by atoms with E-state index in [1.54, 1.807) is 32.0 Å². The minimum Gasteiger partial charge on any atom is -0.468 e. The van der Waals surface area contributed by atoms with E-state index in [-0.39, 0.29) is 11.3 Å². The molecule has 102 valence electrons. The van der Waals surface area contributed by atoms with E-state index in [1.165, 1.54) is 13.2 Å². The Hall–Kier alpha value is -1.80. The number of carbonyl (C=O) groups excluding carboxylic acids is 1. The van der Waals surface area contributed by atoms with Crippen molar-refractivity contribution in [3.8, 4) is 11.8 Å². The molecule has 0 amide bonds. The van der Waals surface area contributed by atoms with E-state index in [9.17, 15) is 13.2 Å². The molecule has 0 aliphatic rings. The first-order valence-electron chi connectivity index (χ1n) is 5.77. The Labute approximate surface area is 113 Å². The van der Waals surface area contributed by atoms with Crippen molar-refractivity contribution in [1.29, 1.82) is 0 Å². The Morgan fingerprint density at radius 1 is 1.37 bits per heavy atom. The fourth-order valence-electron chi connectivity index (χ4n) is 1.31. The summed E-state index contributed by atoms with van der Waals surface area (Å²) in [6.07, 6.45) is -0.0162. The van der Waals surface area contributed by atoms with Gasteiger partial charge in [-0.15, -0.1) is 0 Å². The van der Waals surface area contributed by atoms with Crippen molar-refractivity contribution in [2.24, 2.45) is 0 Å². The summed E-state index contributed by atoms with van der Waals surface area (Å²) in [5.74, 6) is 4.97. The van der Waals surface area contributed by atoms with Crippen molar-refractivity contribution >= 4 is 15.8 Å². The molecule has 0 spiro atoms. The van der Waals surface area contributed by atoms with Crippen LogP contribution in [0.4, 0.5) is 0 Å². The van der Waals surface area contributed by atoms with Crippen molar-refractivity contribution in [3.63, 3.8) is 0 Å². The van der Waals surface area contributed by atoms with E-state index in [2.05, 4.69) is 16.6 Å². The van der Waals surface area contributed by atoms with Gasteiger partial charge in [0, 0.05) is 5.56 Å². The van der Waals surface area contributed by atoms with Gasteiger partial charge in [-0.2, -0.15) is 0 Å². The lowest BCUT2D eigenvalue weighted by atomic mass is 10.2. The number of carbonyl (C=O) groups is 1. The molecule has 4 nitrogen and oxygen atoms in total. The van der Waals surface area contributed by atoms with Crippen LogP contribution in [-0.2, 0) is 19.4 Å². The first-order valence-corrected chi connectivity index (χ1v) is 7.32. The van der Waals surface area contributed by atoms with Gasteiger partial charge < -0.3 is 4.74 Å². The molecule has 0 radical (unpaired) electrons. The Morgan fingerprint density at radius 2 is 2.05 bits per heavy atom. The van der Waals surface area contributed by atoms with E-state index in [4.69, 9.17) is 0 Å². The second-order valence-electron chi connectivity index (χ2n) is 4.18. The van der Waals surface area contributed by atoms with Crippen LogP contribution in [0.5, 0.6) is 0 Å².